The molecule has 1 saturated heterocycles. The number of hydrogen-bond acceptors (Lipinski definition) is 4. The number of carbonyl (C=O) groups excluding carboxylic acids is 1. The van der Waals surface area contributed by atoms with Crippen molar-refractivity contribution in [2.45, 2.75) is 39.7 Å². The zero-order valence-corrected chi connectivity index (χ0v) is 19.7. The van der Waals surface area contributed by atoms with Crippen LogP contribution in [0, 0.1) is 5.92 Å². The topological polar surface area (TPSA) is 71.8 Å². The van der Waals surface area contributed by atoms with E-state index < -0.39 is 0 Å². The van der Waals surface area contributed by atoms with Gasteiger partial charge < -0.3 is 19.5 Å². The molecular formula is C21H32IN5O2. The number of para-hydroxylation sites is 2. The molecule has 0 bridgehead atoms. The Labute approximate surface area is 189 Å². The van der Waals surface area contributed by atoms with Crippen LogP contribution in [0.1, 0.15) is 33.1 Å². The van der Waals surface area contributed by atoms with Gasteiger partial charge in [0.25, 0.3) is 0 Å². The van der Waals surface area contributed by atoms with E-state index in [0.717, 1.165) is 63.5 Å². The number of aromatic nitrogens is 2. The number of nitrogens with one attached hydrogen (secondary N) is 1. The number of esters is 1. The molecule has 3 rings (SSSR count). The van der Waals surface area contributed by atoms with Gasteiger partial charge in [0.15, 0.2) is 5.96 Å². The Bertz CT molecular complexity index is 799. The summed E-state index contributed by atoms with van der Waals surface area (Å²) >= 11 is 0. The third kappa shape index (κ3) is 6.32. The highest BCUT2D eigenvalue weighted by Gasteiger charge is 2.27. The quantitative estimate of drug-likeness (QED) is 0.202. The Morgan fingerprint density at radius 3 is 2.76 bits per heavy atom. The molecule has 1 N–H and O–H groups in total. The lowest BCUT2D eigenvalue weighted by atomic mass is 9.97. The fourth-order valence-corrected chi connectivity index (χ4v) is 3.63. The Kier molecular flexibility index (Phi) is 9.69. The first-order valence-corrected chi connectivity index (χ1v) is 10.3. The molecule has 0 spiro atoms. The standard InChI is InChI=1S/C21H31N5O2.HI/c1-3-22-21(25-14-10-17(11-15-25)20(27)28-4-2)23-12-7-13-26-16-24-18-8-5-6-9-19(18)26;/h5-6,8-9,16-17H,3-4,7,10-15H2,1-2H3,(H,22,23);1H. The van der Waals surface area contributed by atoms with Crippen molar-refractivity contribution in [3.8, 4) is 0 Å². The molecule has 0 radical (unpaired) electrons. The summed E-state index contributed by atoms with van der Waals surface area (Å²) in [4.78, 5) is 23.4. The first kappa shape index (κ1) is 23.4. The van der Waals surface area contributed by atoms with Crippen LogP contribution in [-0.2, 0) is 16.1 Å². The van der Waals surface area contributed by atoms with Gasteiger partial charge in [-0.1, -0.05) is 12.1 Å². The second-order valence-corrected chi connectivity index (χ2v) is 7.03. The van der Waals surface area contributed by atoms with E-state index in [9.17, 15) is 4.79 Å². The Morgan fingerprint density at radius 2 is 2.03 bits per heavy atom. The van der Waals surface area contributed by atoms with E-state index in [1.54, 1.807) is 0 Å². The van der Waals surface area contributed by atoms with Crippen molar-refractivity contribution in [1.29, 1.82) is 0 Å². The molecule has 2 aromatic rings. The second kappa shape index (κ2) is 12.0. The van der Waals surface area contributed by atoms with E-state index in [-0.39, 0.29) is 35.9 Å². The lowest BCUT2D eigenvalue weighted by molar-refractivity contribution is -0.149. The Morgan fingerprint density at radius 1 is 1.28 bits per heavy atom. The molecule has 0 amide bonds. The fraction of sp³-hybridized carbons (Fsp3) is 0.571. The van der Waals surface area contributed by atoms with Gasteiger partial charge in [0.2, 0.25) is 0 Å². The van der Waals surface area contributed by atoms with Crippen LogP contribution < -0.4 is 5.32 Å². The minimum atomic E-state index is -0.0587. The van der Waals surface area contributed by atoms with Crippen LogP contribution in [-0.4, -0.2) is 59.2 Å². The van der Waals surface area contributed by atoms with Gasteiger partial charge in [-0.25, -0.2) is 4.98 Å². The summed E-state index contributed by atoms with van der Waals surface area (Å²) in [6, 6.07) is 8.19. The van der Waals surface area contributed by atoms with Crippen molar-refractivity contribution in [3.63, 3.8) is 0 Å². The zero-order valence-electron chi connectivity index (χ0n) is 17.3. The summed E-state index contributed by atoms with van der Waals surface area (Å²) in [5, 5.41) is 3.39. The molecule has 0 aliphatic carbocycles. The van der Waals surface area contributed by atoms with Crippen molar-refractivity contribution in [3.05, 3.63) is 30.6 Å². The summed E-state index contributed by atoms with van der Waals surface area (Å²) in [6.07, 6.45) is 4.50. The van der Waals surface area contributed by atoms with Gasteiger partial charge >= 0.3 is 5.97 Å². The molecule has 29 heavy (non-hydrogen) atoms. The van der Waals surface area contributed by atoms with E-state index in [0.29, 0.717) is 6.61 Å². The maximum atomic E-state index is 11.9. The summed E-state index contributed by atoms with van der Waals surface area (Å²) in [5.41, 5.74) is 2.20. The van der Waals surface area contributed by atoms with Crippen molar-refractivity contribution in [2.75, 3.05) is 32.8 Å². The average molecular weight is 513 g/mol. The number of fused-ring (bicyclic) bond motifs is 1. The summed E-state index contributed by atoms with van der Waals surface area (Å²) in [5.74, 6) is 0.908. The van der Waals surface area contributed by atoms with Crippen molar-refractivity contribution in [1.82, 2.24) is 19.8 Å². The third-order valence-corrected chi connectivity index (χ3v) is 5.10. The third-order valence-electron chi connectivity index (χ3n) is 5.10. The number of likely N-dealkylation sites (tertiary alicyclic amines) is 1. The molecule has 2 heterocycles. The number of aliphatic imine (C=N–C) groups is 1. The molecule has 1 aliphatic heterocycles. The number of rotatable bonds is 7. The van der Waals surface area contributed by atoms with E-state index >= 15 is 0 Å². The van der Waals surface area contributed by atoms with E-state index in [4.69, 9.17) is 9.73 Å². The van der Waals surface area contributed by atoms with Gasteiger partial charge in [0.1, 0.15) is 0 Å². The predicted octanol–water partition coefficient (Wildman–Crippen LogP) is 3.29. The molecule has 1 aromatic heterocycles. The molecule has 7 nitrogen and oxygen atoms in total. The average Bonchev–Trinajstić information content (AvgIpc) is 3.14. The number of guanidine groups is 1. The van der Waals surface area contributed by atoms with Crippen molar-refractivity contribution in [2.24, 2.45) is 10.9 Å². The fourth-order valence-electron chi connectivity index (χ4n) is 3.63. The lowest BCUT2D eigenvalue weighted by Crippen LogP contribution is -2.46. The molecule has 0 unspecified atom stereocenters. The smallest absolute Gasteiger partial charge is 0.309 e. The number of hydrogen-bond donors (Lipinski definition) is 1. The molecular weight excluding hydrogens is 481 g/mol. The van der Waals surface area contributed by atoms with E-state index in [1.165, 1.54) is 5.52 Å². The van der Waals surface area contributed by atoms with Gasteiger partial charge in [-0.3, -0.25) is 9.79 Å². The molecule has 1 aromatic carbocycles. The number of imidazole rings is 1. The molecule has 0 atom stereocenters. The largest absolute Gasteiger partial charge is 0.466 e. The highest BCUT2D eigenvalue weighted by Crippen LogP contribution is 2.19. The summed E-state index contributed by atoms with van der Waals surface area (Å²) < 4.78 is 7.34. The minimum Gasteiger partial charge on any atom is -0.466 e. The second-order valence-electron chi connectivity index (χ2n) is 7.03. The van der Waals surface area contributed by atoms with E-state index in [2.05, 4.69) is 32.8 Å². The SMILES string of the molecule is CCNC(=NCCCn1cnc2ccccc21)N1CCC(C(=O)OCC)CC1.I. The number of benzene rings is 1. The number of halogens is 1. The number of aryl methyl sites for hydroxylation is 1. The van der Waals surface area contributed by atoms with Gasteiger partial charge in [-0.2, -0.15) is 0 Å². The van der Waals surface area contributed by atoms with Gasteiger partial charge in [0, 0.05) is 32.7 Å². The summed E-state index contributed by atoms with van der Waals surface area (Å²) in [7, 11) is 0. The van der Waals surface area contributed by atoms with Crippen LogP contribution in [0.5, 0.6) is 0 Å². The first-order chi connectivity index (χ1) is 13.7. The van der Waals surface area contributed by atoms with Crippen LogP contribution >= 0.6 is 24.0 Å². The Balaban J connectivity index is 0.00000300. The van der Waals surface area contributed by atoms with Crippen molar-refractivity contribution < 1.29 is 9.53 Å². The maximum Gasteiger partial charge on any atom is 0.309 e. The normalized spacial score (nSPS) is 15.2. The van der Waals surface area contributed by atoms with Gasteiger partial charge in [-0.05, 0) is 45.2 Å². The number of nitrogens with zero attached hydrogens (tertiary/aromatic N) is 4. The first-order valence-electron chi connectivity index (χ1n) is 10.3. The van der Waals surface area contributed by atoms with Gasteiger partial charge in [-0.15, -0.1) is 24.0 Å². The lowest BCUT2D eigenvalue weighted by Gasteiger charge is -2.33. The molecule has 160 valence electrons. The van der Waals surface area contributed by atoms with Crippen LogP contribution in [0.15, 0.2) is 35.6 Å². The van der Waals surface area contributed by atoms with Crippen molar-refractivity contribution >= 4 is 46.9 Å². The number of carbonyl (C=O) groups is 1. The van der Waals surface area contributed by atoms with E-state index in [1.807, 2.05) is 31.5 Å². The number of piperidine rings is 1. The van der Waals surface area contributed by atoms with Crippen LogP contribution in [0.4, 0.5) is 0 Å². The highest BCUT2D eigenvalue weighted by molar-refractivity contribution is 14.0. The monoisotopic (exact) mass is 513 g/mol. The molecule has 0 saturated carbocycles. The predicted molar refractivity (Wildman–Crippen MR) is 127 cm³/mol. The Hall–Kier alpha value is -1.84. The maximum absolute atomic E-state index is 11.9. The molecule has 8 heteroatoms. The van der Waals surface area contributed by atoms with Crippen LogP contribution in [0.2, 0.25) is 0 Å². The highest BCUT2D eigenvalue weighted by atomic mass is 127. The number of ether oxygens (including phenoxy) is 1. The molecule has 1 fully saturated rings. The summed E-state index contributed by atoms with van der Waals surface area (Å²) in [6.45, 7) is 8.55. The van der Waals surface area contributed by atoms with Crippen LogP contribution in [0.3, 0.4) is 0 Å². The zero-order chi connectivity index (χ0) is 19.8. The van der Waals surface area contributed by atoms with Crippen LogP contribution in [0.25, 0.3) is 11.0 Å². The molecule has 1 aliphatic rings. The van der Waals surface area contributed by atoms with Gasteiger partial charge in [0.05, 0.1) is 29.9 Å². The minimum absolute atomic E-state index is 0.